The normalized spacial score (nSPS) is 10.4. The third kappa shape index (κ3) is 3.10. The summed E-state index contributed by atoms with van der Waals surface area (Å²) in [6.45, 7) is 3.40. The fourth-order valence-electron chi connectivity index (χ4n) is 1.44. The molecule has 0 saturated carbocycles. The Labute approximate surface area is 109 Å². The summed E-state index contributed by atoms with van der Waals surface area (Å²) >= 11 is 3.12. The highest BCUT2D eigenvalue weighted by Crippen LogP contribution is 2.34. The average molecular weight is 269 g/mol. The van der Waals surface area contributed by atoms with Crippen LogP contribution in [0, 0.1) is 0 Å². The lowest BCUT2D eigenvalue weighted by Crippen LogP contribution is -2.04. The van der Waals surface area contributed by atoms with E-state index in [-0.39, 0.29) is 0 Å². The molecule has 0 aliphatic carbocycles. The largest absolute Gasteiger partial charge is 0.487 e. The van der Waals surface area contributed by atoms with Crippen LogP contribution >= 0.6 is 22.9 Å². The molecule has 6 heteroatoms. The molecule has 3 N–H and O–H groups in total. The van der Waals surface area contributed by atoms with Gasteiger partial charge in [-0.15, -0.1) is 11.3 Å². The van der Waals surface area contributed by atoms with Crippen molar-refractivity contribution in [3.05, 3.63) is 22.4 Å². The van der Waals surface area contributed by atoms with Crippen molar-refractivity contribution in [2.75, 3.05) is 24.2 Å². The van der Waals surface area contributed by atoms with Crippen molar-refractivity contribution in [1.29, 1.82) is 0 Å². The van der Waals surface area contributed by atoms with Crippen LogP contribution < -0.4 is 15.8 Å². The minimum Gasteiger partial charge on any atom is -0.487 e. The predicted octanol–water partition coefficient (Wildman–Crippen LogP) is 2.84. The number of thiophene rings is 1. The number of hydrogen-bond donors (Lipinski definition) is 2. The Bertz CT molecular complexity index is 453. The van der Waals surface area contributed by atoms with Gasteiger partial charge < -0.3 is 15.8 Å². The van der Waals surface area contributed by atoms with Crippen molar-refractivity contribution in [2.24, 2.45) is 0 Å². The number of hydrogen-bond acceptors (Lipinski definition) is 6. The van der Waals surface area contributed by atoms with Gasteiger partial charge in [-0.25, -0.2) is 0 Å². The summed E-state index contributed by atoms with van der Waals surface area (Å²) < 4.78 is 9.54. The molecule has 92 valence electrons. The van der Waals surface area contributed by atoms with Gasteiger partial charge in [0.25, 0.3) is 0 Å². The van der Waals surface area contributed by atoms with E-state index in [2.05, 4.69) is 27.2 Å². The molecule has 2 aromatic heterocycles. The van der Waals surface area contributed by atoms with Crippen molar-refractivity contribution < 1.29 is 4.74 Å². The Hall–Kier alpha value is -1.27. The lowest BCUT2D eigenvalue weighted by molar-refractivity contribution is 0.344. The summed E-state index contributed by atoms with van der Waals surface area (Å²) in [7, 11) is 0. The van der Waals surface area contributed by atoms with Gasteiger partial charge in [-0.1, -0.05) is 6.07 Å². The molecular weight excluding hydrogens is 254 g/mol. The lowest BCUT2D eigenvalue weighted by Gasteiger charge is -2.06. The highest BCUT2D eigenvalue weighted by molar-refractivity contribution is 7.11. The minimum absolute atomic E-state index is 0.468. The average Bonchev–Trinajstić information content (AvgIpc) is 2.93. The van der Waals surface area contributed by atoms with Gasteiger partial charge in [0.15, 0.2) is 16.6 Å². The molecule has 0 bridgehead atoms. The first-order valence-corrected chi connectivity index (χ1v) is 7.10. The first-order chi connectivity index (χ1) is 8.31. The molecule has 0 saturated heterocycles. The third-order valence-electron chi connectivity index (χ3n) is 2.20. The Morgan fingerprint density at radius 3 is 3.12 bits per heavy atom. The highest BCUT2D eigenvalue weighted by Gasteiger charge is 2.11. The Balaban J connectivity index is 1.90. The van der Waals surface area contributed by atoms with Crippen LogP contribution in [0.1, 0.15) is 11.8 Å². The fraction of sp³-hybridized carbons (Fsp3) is 0.364. The number of anilines is 2. The van der Waals surface area contributed by atoms with E-state index >= 15 is 0 Å². The number of ether oxygens (including phenoxy) is 1. The summed E-state index contributed by atoms with van der Waals surface area (Å²) in [6.07, 6.45) is 1.00. The first kappa shape index (κ1) is 12.2. The number of nitrogens with zero attached hydrogens (tertiary/aromatic N) is 1. The standard InChI is InChI=1S/C11H15N3OS2/c1-2-15-9-10(12)14-17-11(9)13-6-5-8-4-3-7-16-8/h3-4,7,13H,2,5-6H2,1H3,(H2,12,14). The van der Waals surface area contributed by atoms with Crippen molar-refractivity contribution in [3.8, 4) is 5.75 Å². The third-order valence-corrected chi connectivity index (χ3v) is 3.94. The molecule has 2 heterocycles. The molecule has 17 heavy (non-hydrogen) atoms. The summed E-state index contributed by atoms with van der Waals surface area (Å²) in [5.74, 6) is 1.15. The zero-order valence-corrected chi connectivity index (χ0v) is 11.2. The summed E-state index contributed by atoms with van der Waals surface area (Å²) in [5.41, 5.74) is 5.73. The van der Waals surface area contributed by atoms with Crippen LogP contribution in [0.25, 0.3) is 0 Å². The Morgan fingerprint density at radius 1 is 1.53 bits per heavy atom. The van der Waals surface area contributed by atoms with Gasteiger partial charge in [-0.2, -0.15) is 4.37 Å². The Kier molecular flexibility index (Phi) is 4.22. The molecule has 0 aromatic carbocycles. The molecule has 0 aliphatic heterocycles. The van der Waals surface area contributed by atoms with E-state index in [1.165, 1.54) is 16.4 Å². The second-order valence-corrected chi connectivity index (χ2v) is 5.22. The van der Waals surface area contributed by atoms with Crippen molar-refractivity contribution in [1.82, 2.24) is 4.37 Å². The lowest BCUT2D eigenvalue weighted by atomic mass is 10.3. The van der Waals surface area contributed by atoms with Crippen LogP contribution in [0.3, 0.4) is 0 Å². The van der Waals surface area contributed by atoms with Crippen LogP contribution in [0.5, 0.6) is 5.75 Å². The van der Waals surface area contributed by atoms with Gasteiger partial charge in [-0.05, 0) is 36.3 Å². The van der Waals surface area contributed by atoms with Crippen LogP contribution in [0.15, 0.2) is 17.5 Å². The number of aromatic nitrogens is 1. The zero-order valence-electron chi connectivity index (χ0n) is 9.60. The fourth-order valence-corrected chi connectivity index (χ4v) is 2.84. The number of rotatable bonds is 6. The monoisotopic (exact) mass is 269 g/mol. The molecule has 0 amide bonds. The van der Waals surface area contributed by atoms with Gasteiger partial charge in [0.05, 0.1) is 6.61 Å². The topological polar surface area (TPSA) is 60.2 Å². The quantitative estimate of drug-likeness (QED) is 0.846. The maximum absolute atomic E-state index is 5.73. The number of nitrogen functional groups attached to an aromatic ring is 1. The van der Waals surface area contributed by atoms with Crippen molar-refractivity contribution in [2.45, 2.75) is 13.3 Å². The molecule has 0 aliphatic rings. The van der Waals surface area contributed by atoms with Gasteiger partial charge in [0, 0.05) is 11.4 Å². The zero-order chi connectivity index (χ0) is 12.1. The first-order valence-electron chi connectivity index (χ1n) is 5.45. The smallest absolute Gasteiger partial charge is 0.197 e. The summed E-state index contributed by atoms with van der Waals surface area (Å²) in [6, 6.07) is 4.20. The van der Waals surface area contributed by atoms with Gasteiger partial charge in [0.2, 0.25) is 0 Å². The maximum Gasteiger partial charge on any atom is 0.197 e. The summed E-state index contributed by atoms with van der Waals surface area (Å²) in [5, 5.41) is 6.32. The van der Waals surface area contributed by atoms with Gasteiger partial charge >= 0.3 is 0 Å². The highest BCUT2D eigenvalue weighted by atomic mass is 32.1. The van der Waals surface area contributed by atoms with E-state index in [1.807, 2.05) is 6.92 Å². The molecule has 0 radical (unpaired) electrons. The van der Waals surface area contributed by atoms with Gasteiger partial charge in [-0.3, -0.25) is 0 Å². The second-order valence-electron chi connectivity index (χ2n) is 3.42. The van der Waals surface area contributed by atoms with Crippen molar-refractivity contribution in [3.63, 3.8) is 0 Å². The second kappa shape index (κ2) is 5.88. The van der Waals surface area contributed by atoms with Crippen LogP contribution in [-0.4, -0.2) is 17.5 Å². The van der Waals surface area contributed by atoms with E-state index in [0.29, 0.717) is 18.2 Å². The molecule has 0 unspecified atom stereocenters. The maximum atomic E-state index is 5.73. The molecule has 0 fully saturated rings. The Morgan fingerprint density at radius 2 is 2.41 bits per heavy atom. The van der Waals surface area contributed by atoms with E-state index in [1.54, 1.807) is 11.3 Å². The van der Waals surface area contributed by atoms with Gasteiger partial charge in [0.1, 0.15) is 0 Å². The van der Waals surface area contributed by atoms with E-state index in [4.69, 9.17) is 10.5 Å². The number of nitrogens with two attached hydrogens (primary N) is 1. The SMILES string of the molecule is CCOc1c(N)nsc1NCCc1cccs1. The van der Waals surface area contributed by atoms with E-state index < -0.39 is 0 Å². The summed E-state index contributed by atoms with van der Waals surface area (Å²) in [4.78, 5) is 1.37. The van der Waals surface area contributed by atoms with Crippen LogP contribution in [0.2, 0.25) is 0 Å². The molecule has 2 rings (SSSR count). The molecule has 4 nitrogen and oxygen atoms in total. The molecule has 0 spiro atoms. The van der Waals surface area contributed by atoms with E-state index in [9.17, 15) is 0 Å². The molecular formula is C11H15N3OS2. The van der Waals surface area contributed by atoms with Crippen LogP contribution in [-0.2, 0) is 6.42 Å². The van der Waals surface area contributed by atoms with Crippen molar-refractivity contribution >= 4 is 33.7 Å². The number of nitrogens with one attached hydrogen (secondary N) is 1. The predicted molar refractivity (Wildman–Crippen MR) is 74.2 cm³/mol. The molecule has 2 aromatic rings. The van der Waals surface area contributed by atoms with Crippen LogP contribution in [0.4, 0.5) is 10.8 Å². The minimum atomic E-state index is 0.468. The molecule has 0 atom stereocenters. The van der Waals surface area contributed by atoms with E-state index in [0.717, 1.165) is 18.0 Å².